The van der Waals surface area contributed by atoms with Crippen LogP contribution in [0.1, 0.15) is 50.9 Å². The van der Waals surface area contributed by atoms with Gasteiger partial charge in [-0.05, 0) is 37.1 Å². The van der Waals surface area contributed by atoms with Crippen molar-refractivity contribution in [3.63, 3.8) is 0 Å². The number of aromatic nitrogens is 3. The second kappa shape index (κ2) is 7.70. The van der Waals surface area contributed by atoms with Crippen molar-refractivity contribution in [3.05, 3.63) is 34.6 Å². The Labute approximate surface area is 154 Å². The van der Waals surface area contributed by atoms with E-state index in [0.29, 0.717) is 24.1 Å². The molecule has 1 saturated carbocycles. The molecule has 128 valence electrons. The van der Waals surface area contributed by atoms with Gasteiger partial charge >= 0.3 is 0 Å². The van der Waals surface area contributed by atoms with Crippen molar-refractivity contribution >= 4 is 39.3 Å². The highest BCUT2D eigenvalue weighted by atomic mass is 79.9. The molecule has 1 fully saturated rings. The van der Waals surface area contributed by atoms with Crippen molar-refractivity contribution in [2.75, 3.05) is 11.1 Å². The van der Waals surface area contributed by atoms with E-state index >= 15 is 0 Å². The van der Waals surface area contributed by atoms with Crippen LogP contribution in [0.15, 0.2) is 33.9 Å². The number of halogens is 1. The minimum atomic E-state index is 0.0198. The second-order valence-electron chi connectivity index (χ2n) is 6.25. The Kier molecular flexibility index (Phi) is 5.61. The number of thioether (sulfide) groups is 1. The Morgan fingerprint density at radius 3 is 2.67 bits per heavy atom. The van der Waals surface area contributed by atoms with Gasteiger partial charge in [-0.25, -0.2) is 0 Å². The number of amides is 1. The maximum Gasteiger partial charge on any atom is 0.225 e. The van der Waals surface area contributed by atoms with Gasteiger partial charge in [0.25, 0.3) is 0 Å². The van der Waals surface area contributed by atoms with E-state index in [-0.39, 0.29) is 5.91 Å². The Bertz CT molecular complexity index is 710. The van der Waals surface area contributed by atoms with Crippen molar-refractivity contribution in [3.8, 4) is 0 Å². The lowest BCUT2D eigenvalue weighted by Crippen LogP contribution is -2.12. The van der Waals surface area contributed by atoms with Crippen LogP contribution < -0.4 is 5.32 Å². The van der Waals surface area contributed by atoms with E-state index < -0.39 is 0 Å². The number of anilines is 1. The molecule has 1 heterocycles. The third-order valence-corrected chi connectivity index (χ3v) is 5.28. The Morgan fingerprint density at radius 1 is 1.33 bits per heavy atom. The van der Waals surface area contributed by atoms with E-state index in [1.165, 1.54) is 12.8 Å². The maximum absolute atomic E-state index is 12.1. The average Bonchev–Trinajstić information content (AvgIpc) is 3.29. The lowest BCUT2D eigenvalue weighted by atomic mass is 10.2. The quantitative estimate of drug-likeness (QED) is 0.678. The van der Waals surface area contributed by atoms with Gasteiger partial charge in [0.1, 0.15) is 5.82 Å². The fraction of sp³-hybridized carbons (Fsp3) is 0.471. The number of carbonyl (C=O) groups is 1. The number of carbonyl (C=O) groups excluding carboxylic acids is 1. The molecule has 0 radical (unpaired) electrons. The second-order valence-corrected chi connectivity index (χ2v) is 8.23. The molecule has 1 amide bonds. The fourth-order valence-electron chi connectivity index (χ4n) is 2.45. The highest BCUT2D eigenvalue weighted by Gasteiger charge is 2.30. The summed E-state index contributed by atoms with van der Waals surface area (Å²) in [6.45, 7) is 4.28. The molecule has 1 aliphatic rings. The van der Waals surface area contributed by atoms with Crippen LogP contribution in [0.4, 0.5) is 5.69 Å². The first-order valence-corrected chi connectivity index (χ1v) is 9.95. The Balaban J connectivity index is 1.53. The van der Waals surface area contributed by atoms with E-state index in [1.807, 2.05) is 24.3 Å². The van der Waals surface area contributed by atoms with Gasteiger partial charge in [0.2, 0.25) is 5.91 Å². The van der Waals surface area contributed by atoms with Crippen molar-refractivity contribution in [2.24, 2.45) is 0 Å². The van der Waals surface area contributed by atoms with E-state index in [2.05, 4.69) is 49.9 Å². The SMILES string of the molecule is CC(C)c1nnc(SCCC(=O)Nc2ccc(Br)cc2)n1C1CC1. The molecule has 0 aliphatic heterocycles. The molecule has 0 bridgehead atoms. The van der Waals surface area contributed by atoms with Crippen LogP contribution in [-0.2, 0) is 4.79 Å². The zero-order chi connectivity index (χ0) is 17.1. The zero-order valence-corrected chi connectivity index (χ0v) is 16.2. The fourth-order valence-corrected chi connectivity index (χ4v) is 3.66. The van der Waals surface area contributed by atoms with Gasteiger partial charge < -0.3 is 9.88 Å². The smallest absolute Gasteiger partial charge is 0.225 e. The van der Waals surface area contributed by atoms with Gasteiger partial charge in [-0.3, -0.25) is 4.79 Å². The van der Waals surface area contributed by atoms with Gasteiger partial charge in [0, 0.05) is 34.3 Å². The summed E-state index contributed by atoms with van der Waals surface area (Å²) < 4.78 is 3.26. The molecule has 24 heavy (non-hydrogen) atoms. The Morgan fingerprint density at radius 2 is 2.04 bits per heavy atom. The van der Waals surface area contributed by atoms with Gasteiger partial charge in [-0.2, -0.15) is 0 Å². The molecule has 1 aliphatic carbocycles. The highest BCUT2D eigenvalue weighted by Crippen LogP contribution is 2.40. The summed E-state index contributed by atoms with van der Waals surface area (Å²) in [6.07, 6.45) is 2.86. The first-order valence-electron chi connectivity index (χ1n) is 8.17. The lowest BCUT2D eigenvalue weighted by Gasteiger charge is -2.10. The van der Waals surface area contributed by atoms with E-state index in [0.717, 1.165) is 21.1 Å². The third-order valence-electron chi connectivity index (χ3n) is 3.81. The summed E-state index contributed by atoms with van der Waals surface area (Å²) in [6, 6.07) is 8.14. The first-order chi connectivity index (χ1) is 11.5. The minimum absolute atomic E-state index is 0.0198. The molecule has 1 aromatic heterocycles. The van der Waals surface area contributed by atoms with Crippen LogP contribution in [0.2, 0.25) is 0 Å². The highest BCUT2D eigenvalue weighted by molar-refractivity contribution is 9.10. The molecule has 2 aromatic rings. The molecule has 1 N–H and O–H groups in total. The summed E-state index contributed by atoms with van der Waals surface area (Å²) in [5.41, 5.74) is 0.816. The largest absolute Gasteiger partial charge is 0.326 e. The van der Waals surface area contributed by atoms with E-state index in [4.69, 9.17) is 0 Å². The third kappa shape index (κ3) is 4.39. The summed E-state index contributed by atoms with van der Waals surface area (Å²) in [5.74, 6) is 2.14. The molecular weight excluding hydrogens is 388 g/mol. The monoisotopic (exact) mass is 408 g/mol. The maximum atomic E-state index is 12.1. The molecule has 3 rings (SSSR count). The normalized spacial score (nSPS) is 14.2. The van der Waals surface area contributed by atoms with Crippen molar-refractivity contribution in [1.82, 2.24) is 14.8 Å². The van der Waals surface area contributed by atoms with Gasteiger partial charge in [0.05, 0.1) is 0 Å². The predicted molar refractivity (Wildman–Crippen MR) is 100 cm³/mol. The molecule has 7 heteroatoms. The number of nitrogens with zero attached hydrogens (tertiary/aromatic N) is 3. The zero-order valence-electron chi connectivity index (χ0n) is 13.8. The van der Waals surface area contributed by atoms with Gasteiger partial charge in [-0.1, -0.05) is 41.5 Å². The first kappa shape index (κ1) is 17.5. The van der Waals surface area contributed by atoms with Crippen molar-refractivity contribution in [2.45, 2.75) is 50.2 Å². The molecule has 0 unspecified atom stereocenters. The molecule has 5 nitrogen and oxygen atoms in total. The van der Waals surface area contributed by atoms with Crippen molar-refractivity contribution < 1.29 is 4.79 Å². The van der Waals surface area contributed by atoms with Crippen LogP contribution in [-0.4, -0.2) is 26.4 Å². The lowest BCUT2D eigenvalue weighted by molar-refractivity contribution is -0.115. The summed E-state index contributed by atoms with van der Waals surface area (Å²) >= 11 is 5.00. The van der Waals surface area contributed by atoms with Crippen LogP contribution in [0, 0.1) is 0 Å². The van der Waals surface area contributed by atoms with Gasteiger partial charge in [0.15, 0.2) is 5.16 Å². The molecule has 1 aromatic carbocycles. The standard InChI is InChI=1S/C17H21BrN4OS/c1-11(2)16-20-21-17(22(16)14-7-8-14)24-10-9-15(23)19-13-5-3-12(18)4-6-13/h3-6,11,14H,7-10H2,1-2H3,(H,19,23). The predicted octanol–water partition coefficient (Wildman–Crippen LogP) is 4.62. The topological polar surface area (TPSA) is 59.8 Å². The summed E-state index contributed by atoms with van der Waals surface area (Å²) in [5, 5.41) is 12.5. The number of rotatable bonds is 7. The van der Waals surface area contributed by atoms with Gasteiger partial charge in [-0.15, -0.1) is 10.2 Å². The van der Waals surface area contributed by atoms with Crippen LogP contribution >= 0.6 is 27.7 Å². The minimum Gasteiger partial charge on any atom is -0.326 e. The molecule has 0 atom stereocenters. The number of nitrogens with one attached hydrogen (secondary N) is 1. The molecule has 0 spiro atoms. The van der Waals surface area contributed by atoms with E-state index in [1.54, 1.807) is 11.8 Å². The van der Waals surface area contributed by atoms with Crippen molar-refractivity contribution in [1.29, 1.82) is 0 Å². The average molecular weight is 409 g/mol. The van der Waals surface area contributed by atoms with E-state index in [9.17, 15) is 4.79 Å². The number of hydrogen-bond acceptors (Lipinski definition) is 4. The molecule has 0 saturated heterocycles. The Hall–Kier alpha value is -1.34. The number of benzene rings is 1. The number of hydrogen-bond donors (Lipinski definition) is 1. The van der Waals surface area contributed by atoms with Crippen LogP contribution in [0.5, 0.6) is 0 Å². The molecular formula is C17H21BrN4OS. The summed E-state index contributed by atoms with van der Waals surface area (Å²) in [7, 11) is 0. The van der Waals surface area contributed by atoms with Crippen LogP contribution in [0.3, 0.4) is 0 Å². The summed E-state index contributed by atoms with van der Waals surface area (Å²) in [4.78, 5) is 12.1. The van der Waals surface area contributed by atoms with Crippen LogP contribution in [0.25, 0.3) is 0 Å².